The van der Waals surface area contributed by atoms with Crippen LogP contribution in [-0.4, -0.2) is 74.9 Å². The van der Waals surface area contributed by atoms with Gasteiger partial charge in [0.05, 0.1) is 25.7 Å². The standard InChI is InChI=1S/C17H26N2O3S/c1-21-8-6-18-7-9-22-16-13-19(5-4-14(16)12-18)17(20)11-15-3-2-10-23-15/h2-3,10,14,16H,4-9,11-13H2,1H3/t14-,16-/m0/s1. The van der Waals surface area contributed by atoms with E-state index in [9.17, 15) is 4.79 Å². The first kappa shape index (κ1) is 16.9. The first-order valence-corrected chi connectivity index (χ1v) is 9.27. The summed E-state index contributed by atoms with van der Waals surface area (Å²) in [5, 5.41) is 2.03. The molecule has 5 nitrogen and oxygen atoms in total. The van der Waals surface area contributed by atoms with E-state index in [2.05, 4.69) is 4.90 Å². The maximum absolute atomic E-state index is 12.5. The molecule has 0 spiro atoms. The number of nitrogens with zero attached hydrogens (tertiary/aromatic N) is 2. The average Bonchev–Trinajstić information content (AvgIpc) is 2.97. The van der Waals surface area contributed by atoms with E-state index in [1.54, 1.807) is 18.4 Å². The number of thiophene rings is 1. The van der Waals surface area contributed by atoms with Crippen molar-refractivity contribution >= 4 is 17.2 Å². The SMILES string of the molecule is COCCN1CCO[C@H]2CN(C(=O)Cc3cccs3)CC[C@H]2C1. The van der Waals surface area contributed by atoms with Gasteiger partial charge in [0.25, 0.3) is 0 Å². The van der Waals surface area contributed by atoms with Crippen molar-refractivity contribution in [3.05, 3.63) is 22.4 Å². The molecule has 0 aromatic carbocycles. The van der Waals surface area contributed by atoms with E-state index in [1.165, 1.54) is 0 Å². The fourth-order valence-electron chi connectivity index (χ4n) is 3.44. The largest absolute Gasteiger partial charge is 0.383 e. The van der Waals surface area contributed by atoms with Crippen LogP contribution in [0, 0.1) is 5.92 Å². The number of carbonyl (C=O) groups is 1. The molecule has 3 rings (SSSR count). The van der Waals surface area contributed by atoms with Gasteiger partial charge in [-0.1, -0.05) is 6.07 Å². The van der Waals surface area contributed by atoms with Crippen molar-refractivity contribution < 1.29 is 14.3 Å². The molecule has 128 valence electrons. The molecule has 2 atom stereocenters. The Morgan fingerprint density at radius 1 is 1.43 bits per heavy atom. The minimum Gasteiger partial charge on any atom is -0.383 e. The summed E-state index contributed by atoms with van der Waals surface area (Å²) >= 11 is 1.65. The molecule has 2 aliphatic rings. The van der Waals surface area contributed by atoms with Gasteiger partial charge >= 0.3 is 0 Å². The van der Waals surface area contributed by atoms with Gasteiger partial charge in [0, 0.05) is 50.6 Å². The number of ether oxygens (including phenoxy) is 2. The molecule has 0 bridgehead atoms. The molecule has 2 aliphatic heterocycles. The Labute approximate surface area is 142 Å². The summed E-state index contributed by atoms with van der Waals surface area (Å²) in [4.78, 5) is 18.0. The number of methoxy groups -OCH3 is 1. The quantitative estimate of drug-likeness (QED) is 0.816. The number of hydrogen-bond donors (Lipinski definition) is 0. The number of rotatable bonds is 5. The maximum Gasteiger partial charge on any atom is 0.227 e. The molecule has 2 saturated heterocycles. The van der Waals surface area contributed by atoms with Gasteiger partial charge in [0.15, 0.2) is 0 Å². The van der Waals surface area contributed by atoms with E-state index in [1.807, 2.05) is 22.4 Å². The molecule has 1 amide bonds. The first-order chi connectivity index (χ1) is 11.3. The van der Waals surface area contributed by atoms with Gasteiger partial charge in [-0.2, -0.15) is 0 Å². The Kier molecular flexibility index (Phi) is 6.05. The van der Waals surface area contributed by atoms with Gasteiger partial charge in [0.2, 0.25) is 5.91 Å². The van der Waals surface area contributed by atoms with Crippen molar-refractivity contribution in [3.63, 3.8) is 0 Å². The van der Waals surface area contributed by atoms with Crippen LogP contribution in [0.5, 0.6) is 0 Å². The Bertz CT molecular complexity index is 494. The van der Waals surface area contributed by atoms with Gasteiger partial charge in [-0.15, -0.1) is 11.3 Å². The maximum atomic E-state index is 12.5. The molecular weight excluding hydrogens is 312 g/mol. The van der Waals surface area contributed by atoms with Crippen molar-refractivity contribution in [1.82, 2.24) is 9.80 Å². The summed E-state index contributed by atoms with van der Waals surface area (Å²) in [6.45, 7) is 6.09. The minimum absolute atomic E-state index is 0.184. The summed E-state index contributed by atoms with van der Waals surface area (Å²) in [7, 11) is 1.74. The number of piperidine rings is 1. The molecule has 1 aromatic heterocycles. The lowest BCUT2D eigenvalue weighted by molar-refractivity contribution is -0.136. The molecular formula is C17H26N2O3S. The van der Waals surface area contributed by atoms with Crippen LogP contribution in [0.4, 0.5) is 0 Å². The molecule has 23 heavy (non-hydrogen) atoms. The number of amides is 1. The molecule has 2 fully saturated rings. The van der Waals surface area contributed by atoms with Gasteiger partial charge < -0.3 is 14.4 Å². The van der Waals surface area contributed by atoms with Gasteiger partial charge in [-0.25, -0.2) is 0 Å². The molecule has 0 unspecified atom stereocenters. The highest BCUT2D eigenvalue weighted by Crippen LogP contribution is 2.25. The van der Waals surface area contributed by atoms with Crippen LogP contribution < -0.4 is 0 Å². The van der Waals surface area contributed by atoms with E-state index in [-0.39, 0.29) is 12.0 Å². The molecule has 0 N–H and O–H groups in total. The smallest absolute Gasteiger partial charge is 0.227 e. The van der Waals surface area contributed by atoms with Gasteiger partial charge in [0.1, 0.15) is 0 Å². The van der Waals surface area contributed by atoms with Crippen molar-refractivity contribution in [2.45, 2.75) is 18.9 Å². The zero-order valence-corrected chi connectivity index (χ0v) is 14.6. The molecule has 0 aliphatic carbocycles. The zero-order chi connectivity index (χ0) is 16.1. The second kappa shape index (κ2) is 8.24. The second-order valence-corrected chi connectivity index (χ2v) is 7.38. The summed E-state index contributed by atoms with van der Waals surface area (Å²) in [6.07, 6.45) is 1.74. The molecule has 0 radical (unpaired) electrons. The third kappa shape index (κ3) is 4.53. The van der Waals surface area contributed by atoms with E-state index in [0.717, 1.165) is 57.2 Å². The van der Waals surface area contributed by atoms with Crippen LogP contribution in [0.25, 0.3) is 0 Å². The highest BCUT2D eigenvalue weighted by molar-refractivity contribution is 7.10. The van der Waals surface area contributed by atoms with Gasteiger partial charge in [-0.05, 0) is 17.9 Å². The number of fused-ring (bicyclic) bond motifs is 1. The third-order valence-corrected chi connectivity index (χ3v) is 5.67. The van der Waals surface area contributed by atoms with E-state index < -0.39 is 0 Å². The summed E-state index contributed by atoms with van der Waals surface area (Å²) in [5.41, 5.74) is 0. The van der Waals surface area contributed by atoms with Crippen LogP contribution in [0.3, 0.4) is 0 Å². The lowest BCUT2D eigenvalue weighted by atomic mass is 9.93. The van der Waals surface area contributed by atoms with Crippen LogP contribution >= 0.6 is 11.3 Å². The van der Waals surface area contributed by atoms with Crippen molar-refractivity contribution in [1.29, 1.82) is 0 Å². The van der Waals surface area contributed by atoms with Crippen LogP contribution in [0.15, 0.2) is 17.5 Å². The average molecular weight is 338 g/mol. The lowest BCUT2D eigenvalue weighted by Gasteiger charge is -2.38. The topological polar surface area (TPSA) is 42.0 Å². The fourth-order valence-corrected chi connectivity index (χ4v) is 4.14. The number of hydrogen-bond acceptors (Lipinski definition) is 5. The minimum atomic E-state index is 0.184. The monoisotopic (exact) mass is 338 g/mol. The van der Waals surface area contributed by atoms with Crippen molar-refractivity contribution in [3.8, 4) is 0 Å². The van der Waals surface area contributed by atoms with Crippen molar-refractivity contribution in [2.75, 3.05) is 53.0 Å². The van der Waals surface area contributed by atoms with Crippen LogP contribution in [0.1, 0.15) is 11.3 Å². The normalized spacial score (nSPS) is 25.9. The summed E-state index contributed by atoms with van der Waals surface area (Å²) < 4.78 is 11.2. The van der Waals surface area contributed by atoms with Crippen LogP contribution in [0.2, 0.25) is 0 Å². The molecule has 6 heteroatoms. The summed E-state index contributed by atoms with van der Waals surface area (Å²) in [5.74, 6) is 0.759. The molecule has 1 aromatic rings. The summed E-state index contributed by atoms with van der Waals surface area (Å²) in [6, 6.07) is 4.04. The fraction of sp³-hybridized carbons (Fsp3) is 0.706. The highest BCUT2D eigenvalue weighted by Gasteiger charge is 2.34. The highest BCUT2D eigenvalue weighted by atomic mass is 32.1. The van der Waals surface area contributed by atoms with Crippen LogP contribution in [-0.2, 0) is 20.7 Å². The van der Waals surface area contributed by atoms with E-state index >= 15 is 0 Å². The van der Waals surface area contributed by atoms with E-state index in [4.69, 9.17) is 9.47 Å². The Morgan fingerprint density at radius 3 is 3.13 bits per heavy atom. The first-order valence-electron chi connectivity index (χ1n) is 8.39. The number of likely N-dealkylation sites (tertiary alicyclic amines) is 1. The molecule has 3 heterocycles. The predicted molar refractivity (Wildman–Crippen MR) is 90.8 cm³/mol. The van der Waals surface area contributed by atoms with Gasteiger partial charge in [-0.3, -0.25) is 9.69 Å². The molecule has 0 saturated carbocycles. The second-order valence-electron chi connectivity index (χ2n) is 6.35. The lowest BCUT2D eigenvalue weighted by Crippen LogP contribution is -2.49. The Morgan fingerprint density at radius 2 is 2.35 bits per heavy atom. The Hall–Kier alpha value is -0.950. The predicted octanol–water partition coefficient (Wildman–Crippen LogP) is 1.49. The van der Waals surface area contributed by atoms with Crippen molar-refractivity contribution in [2.24, 2.45) is 5.92 Å². The number of carbonyl (C=O) groups excluding carboxylic acids is 1. The van der Waals surface area contributed by atoms with E-state index in [0.29, 0.717) is 12.3 Å². The Balaban J connectivity index is 1.53. The zero-order valence-electron chi connectivity index (χ0n) is 13.8. The third-order valence-electron chi connectivity index (χ3n) is 4.80.